The molecular formula is C19H21BrCl2N2O3. The highest BCUT2D eigenvalue weighted by atomic mass is 79.9. The number of benzene rings is 1. The molecule has 0 N–H and O–H groups in total. The first-order chi connectivity index (χ1) is 12.5. The van der Waals surface area contributed by atoms with E-state index in [-0.39, 0.29) is 12.1 Å². The smallest absolute Gasteiger partial charge is 0.410 e. The van der Waals surface area contributed by atoms with Gasteiger partial charge in [0.25, 0.3) is 5.56 Å². The molecule has 0 spiro atoms. The van der Waals surface area contributed by atoms with Gasteiger partial charge in [-0.15, -0.1) is 0 Å². The molecule has 2 aromatic rings. The zero-order valence-electron chi connectivity index (χ0n) is 15.5. The predicted molar refractivity (Wildman–Crippen MR) is 112 cm³/mol. The molecule has 0 aliphatic heterocycles. The molecule has 5 nitrogen and oxygen atoms in total. The van der Waals surface area contributed by atoms with Gasteiger partial charge in [-0.2, -0.15) is 0 Å². The van der Waals surface area contributed by atoms with Crippen LogP contribution < -0.4 is 5.56 Å². The number of pyridine rings is 1. The highest BCUT2D eigenvalue weighted by Gasteiger charge is 2.24. The summed E-state index contributed by atoms with van der Waals surface area (Å²) in [7, 11) is 1.63. The minimum absolute atomic E-state index is 0.210. The maximum atomic E-state index is 12.5. The lowest BCUT2D eigenvalue weighted by Gasteiger charge is -2.29. The standard InChI is InChI=1S/C19H21BrCl2N2O3/c1-19(2,3)27-18(26)23(4)11-16(12-5-6-14(21)15(22)9-12)24-8-7-13(20)10-17(24)25/h5-10,16H,11H2,1-4H3. The van der Waals surface area contributed by atoms with E-state index < -0.39 is 17.7 Å². The summed E-state index contributed by atoms with van der Waals surface area (Å²) < 4.78 is 7.63. The maximum absolute atomic E-state index is 12.5. The van der Waals surface area contributed by atoms with Gasteiger partial charge in [-0.25, -0.2) is 4.79 Å². The zero-order valence-corrected chi connectivity index (χ0v) is 18.6. The molecule has 2 rings (SSSR count). The molecule has 1 aromatic heterocycles. The number of ether oxygens (including phenoxy) is 1. The lowest BCUT2D eigenvalue weighted by molar-refractivity contribution is 0.0283. The van der Waals surface area contributed by atoms with E-state index in [0.29, 0.717) is 14.5 Å². The van der Waals surface area contributed by atoms with Crippen LogP contribution in [0.4, 0.5) is 4.79 Å². The average molecular weight is 476 g/mol. The number of aromatic nitrogens is 1. The van der Waals surface area contributed by atoms with Crippen LogP contribution in [0.1, 0.15) is 32.4 Å². The topological polar surface area (TPSA) is 51.5 Å². The van der Waals surface area contributed by atoms with Gasteiger partial charge < -0.3 is 14.2 Å². The van der Waals surface area contributed by atoms with Crippen molar-refractivity contribution < 1.29 is 9.53 Å². The molecule has 1 heterocycles. The lowest BCUT2D eigenvalue weighted by atomic mass is 10.1. The molecule has 1 unspecified atom stereocenters. The van der Waals surface area contributed by atoms with Crippen LogP contribution in [0.25, 0.3) is 0 Å². The third-order valence-electron chi connectivity index (χ3n) is 3.73. The van der Waals surface area contributed by atoms with Crippen molar-refractivity contribution in [1.29, 1.82) is 0 Å². The van der Waals surface area contributed by atoms with E-state index in [1.165, 1.54) is 11.0 Å². The molecule has 0 radical (unpaired) electrons. The third kappa shape index (κ3) is 5.99. The monoisotopic (exact) mass is 474 g/mol. The Kier molecular flexibility index (Phi) is 7.00. The summed E-state index contributed by atoms with van der Waals surface area (Å²) in [6.45, 7) is 5.62. The molecule has 27 heavy (non-hydrogen) atoms. The molecule has 0 aliphatic rings. The van der Waals surface area contributed by atoms with Crippen molar-refractivity contribution in [2.45, 2.75) is 32.4 Å². The van der Waals surface area contributed by atoms with Gasteiger partial charge in [0.15, 0.2) is 0 Å². The molecule has 0 saturated carbocycles. The molecule has 0 aliphatic carbocycles. The number of rotatable bonds is 4. The van der Waals surface area contributed by atoms with Crippen molar-refractivity contribution in [3.8, 4) is 0 Å². The van der Waals surface area contributed by atoms with E-state index in [9.17, 15) is 9.59 Å². The lowest BCUT2D eigenvalue weighted by Crippen LogP contribution is -2.39. The van der Waals surface area contributed by atoms with Crippen molar-refractivity contribution in [2.24, 2.45) is 0 Å². The molecule has 1 atom stereocenters. The first-order valence-electron chi connectivity index (χ1n) is 8.24. The van der Waals surface area contributed by atoms with Crippen molar-refractivity contribution in [1.82, 2.24) is 9.47 Å². The van der Waals surface area contributed by atoms with Gasteiger partial charge in [0.2, 0.25) is 0 Å². The number of carbonyl (C=O) groups is 1. The number of halogens is 3. The fourth-order valence-corrected chi connectivity index (χ4v) is 3.09. The Morgan fingerprint density at radius 2 is 1.89 bits per heavy atom. The summed E-state index contributed by atoms with van der Waals surface area (Å²) in [6, 6.07) is 7.93. The Balaban J connectivity index is 2.42. The summed E-state index contributed by atoms with van der Waals surface area (Å²) >= 11 is 15.5. The van der Waals surface area contributed by atoms with E-state index in [0.717, 1.165) is 5.56 Å². The van der Waals surface area contributed by atoms with Gasteiger partial charge in [0.05, 0.1) is 16.1 Å². The molecule has 1 amide bonds. The second kappa shape index (κ2) is 8.67. The van der Waals surface area contributed by atoms with Crippen LogP contribution in [0.5, 0.6) is 0 Å². The summed E-state index contributed by atoms with van der Waals surface area (Å²) in [6.07, 6.45) is 1.19. The molecule has 8 heteroatoms. The van der Waals surface area contributed by atoms with Crippen LogP contribution in [0.15, 0.2) is 45.8 Å². The number of likely N-dealkylation sites (N-methyl/N-ethyl adjacent to an activating group) is 1. The average Bonchev–Trinajstić information content (AvgIpc) is 2.54. The largest absolute Gasteiger partial charge is 0.444 e. The Hall–Kier alpha value is -1.50. The number of carbonyl (C=O) groups excluding carboxylic acids is 1. The molecule has 0 fully saturated rings. The number of hydrogen-bond donors (Lipinski definition) is 0. The SMILES string of the molecule is CN(CC(c1ccc(Cl)c(Cl)c1)n1ccc(Br)cc1=O)C(=O)OC(C)(C)C. The number of amides is 1. The molecule has 0 bridgehead atoms. The number of nitrogens with zero attached hydrogens (tertiary/aromatic N) is 2. The first kappa shape index (κ1) is 21.8. The summed E-state index contributed by atoms with van der Waals surface area (Å²) in [5.41, 5.74) is -0.0685. The Labute approximate surface area is 177 Å². The molecule has 0 saturated heterocycles. The van der Waals surface area contributed by atoms with Crippen LogP contribution in [0, 0.1) is 0 Å². The fourth-order valence-electron chi connectivity index (χ4n) is 2.47. The molecule has 146 valence electrons. The van der Waals surface area contributed by atoms with Crippen molar-refractivity contribution in [2.75, 3.05) is 13.6 Å². The van der Waals surface area contributed by atoms with Gasteiger partial charge in [-0.1, -0.05) is 45.2 Å². The van der Waals surface area contributed by atoms with E-state index >= 15 is 0 Å². The van der Waals surface area contributed by atoms with Gasteiger partial charge >= 0.3 is 6.09 Å². The van der Waals surface area contributed by atoms with Crippen LogP contribution >= 0.6 is 39.1 Å². The second-order valence-electron chi connectivity index (χ2n) is 7.14. The minimum Gasteiger partial charge on any atom is -0.444 e. The third-order valence-corrected chi connectivity index (χ3v) is 4.96. The summed E-state index contributed by atoms with van der Waals surface area (Å²) in [5, 5.41) is 0.798. The van der Waals surface area contributed by atoms with E-state index in [4.69, 9.17) is 27.9 Å². The maximum Gasteiger partial charge on any atom is 0.410 e. The van der Waals surface area contributed by atoms with Gasteiger partial charge in [0.1, 0.15) is 5.60 Å². The summed E-state index contributed by atoms with van der Waals surface area (Å²) in [4.78, 5) is 26.3. The van der Waals surface area contributed by atoms with Crippen molar-refractivity contribution in [3.63, 3.8) is 0 Å². The highest BCUT2D eigenvalue weighted by Crippen LogP contribution is 2.28. The molecular weight excluding hydrogens is 455 g/mol. The van der Waals surface area contributed by atoms with Crippen LogP contribution in [-0.4, -0.2) is 34.8 Å². The molecule has 1 aromatic carbocycles. The predicted octanol–water partition coefficient (Wildman–Crippen LogP) is 5.37. The Morgan fingerprint density at radius 3 is 2.44 bits per heavy atom. The minimum atomic E-state index is -0.612. The van der Waals surface area contributed by atoms with Crippen LogP contribution in [0.3, 0.4) is 0 Å². The van der Waals surface area contributed by atoms with E-state index in [1.807, 2.05) is 0 Å². The van der Waals surface area contributed by atoms with Crippen molar-refractivity contribution >= 4 is 45.2 Å². The summed E-state index contributed by atoms with van der Waals surface area (Å²) in [5.74, 6) is 0. The highest BCUT2D eigenvalue weighted by molar-refractivity contribution is 9.10. The Morgan fingerprint density at radius 1 is 1.22 bits per heavy atom. The van der Waals surface area contributed by atoms with E-state index in [2.05, 4.69) is 15.9 Å². The number of hydrogen-bond acceptors (Lipinski definition) is 3. The van der Waals surface area contributed by atoms with Crippen LogP contribution in [-0.2, 0) is 4.74 Å². The quantitative estimate of drug-likeness (QED) is 0.596. The fraction of sp³-hybridized carbons (Fsp3) is 0.368. The van der Waals surface area contributed by atoms with Crippen LogP contribution in [0.2, 0.25) is 10.0 Å². The zero-order chi connectivity index (χ0) is 20.4. The second-order valence-corrected chi connectivity index (χ2v) is 8.87. The van der Waals surface area contributed by atoms with Gasteiger partial charge in [-0.3, -0.25) is 4.79 Å². The van der Waals surface area contributed by atoms with Gasteiger partial charge in [-0.05, 0) is 44.5 Å². The van der Waals surface area contributed by atoms with E-state index in [1.54, 1.807) is 62.8 Å². The first-order valence-corrected chi connectivity index (χ1v) is 9.79. The van der Waals surface area contributed by atoms with Crippen molar-refractivity contribution in [3.05, 3.63) is 67.0 Å². The Bertz CT molecular complexity index is 893. The van der Waals surface area contributed by atoms with Gasteiger partial charge in [0, 0.05) is 30.3 Å². The normalized spacial score (nSPS) is 12.6.